The van der Waals surface area contributed by atoms with Crippen molar-refractivity contribution in [1.82, 2.24) is 4.90 Å². The smallest absolute Gasteiger partial charge is 0.177 e. The fraction of sp³-hybridized carbons (Fsp3) is 0.533. The highest BCUT2D eigenvalue weighted by molar-refractivity contribution is 7.99. The first-order chi connectivity index (χ1) is 8.58. The third-order valence-corrected chi connectivity index (χ3v) is 4.73. The first-order valence-corrected chi connectivity index (χ1v) is 7.65. The van der Waals surface area contributed by atoms with E-state index in [0.717, 1.165) is 34.7 Å². The lowest BCUT2D eigenvalue weighted by molar-refractivity contribution is 0.0910. The van der Waals surface area contributed by atoms with E-state index in [2.05, 4.69) is 17.9 Å². The van der Waals surface area contributed by atoms with Crippen LogP contribution in [0.1, 0.15) is 28.4 Å². The number of carbonyl (C=O) groups excluding carboxylic acids is 1. The van der Waals surface area contributed by atoms with Crippen molar-refractivity contribution in [2.45, 2.75) is 26.8 Å². The van der Waals surface area contributed by atoms with Gasteiger partial charge in [-0.3, -0.25) is 9.69 Å². The van der Waals surface area contributed by atoms with Gasteiger partial charge >= 0.3 is 0 Å². The number of hydrogen-bond donors (Lipinski definition) is 0. The fourth-order valence-electron chi connectivity index (χ4n) is 2.30. The summed E-state index contributed by atoms with van der Waals surface area (Å²) in [5, 5.41) is 0. The molecule has 1 saturated heterocycles. The number of nitrogens with zero attached hydrogens (tertiary/aromatic N) is 1. The Morgan fingerprint density at radius 1 is 1.44 bits per heavy atom. The van der Waals surface area contributed by atoms with Gasteiger partial charge in [0, 0.05) is 29.7 Å². The lowest BCUT2D eigenvalue weighted by Gasteiger charge is -2.32. The van der Waals surface area contributed by atoms with Crippen molar-refractivity contribution < 1.29 is 4.79 Å². The predicted molar refractivity (Wildman–Crippen MR) is 78.6 cm³/mol. The van der Waals surface area contributed by atoms with Crippen molar-refractivity contribution in [3.05, 3.63) is 34.9 Å². The molecular formula is C15H21NOS. The van der Waals surface area contributed by atoms with Crippen molar-refractivity contribution in [2.24, 2.45) is 0 Å². The molecule has 0 N–H and O–H groups in total. The largest absolute Gasteiger partial charge is 0.293 e. The Kier molecular flexibility index (Phi) is 4.46. The maximum Gasteiger partial charge on any atom is 0.177 e. The second-order valence-electron chi connectivity index (χ2n) is 5.14. The summed E-state index contributed by atoms with van der Waals surface area (Å²) in [6, 6.07) is 6.63. The molecule has 1 heterocycles. The summed E-state index contributed by atoms with van der Waals surface area (Å²) in [5.41, 5.74) is 3.14. The molecule has 0 saturated carbocycles. The number of rotatable bonds is 3. The summed E-state index contributed by atoms with van der Waals surface area (Å²) >= 11 is 1.98. The highest BCUT2D eigenvalue weighted by Crippen LogP contribution is 2.18. The van der Waals surface area contributed by atoms with Gasteiger partial charge in [0.25, 0.3) is 0 Å². The molecule has 1 atom stereocenters. The van der Waals surface area contributed by atoms with Gasteiger partial charge in [0.05, 0.1) is 6.54 Å². The van der Waals surface area contributed by atoms with Crippen molar-refractivity contribution >= 4 is 17.5 Å². The molecule has 0 aromatic heterocycles. The molecule has 0 bridgehead atoms. The molecule has 1 unspecified atom stereocenters. The Balaban J connectivity index is 2.09. The Hall–Kier alpha value is -0.800. The Morgan fingerprint density at radius 2 is 2.22 bits per heavy atom. The maximum absolute atomic E-state index is 12.4. The zero-order valence-corrected chi connectivity index (χ0v) is 12.2. The minimum absolute atomic E-state index is 0.259. The number of aryl methyl sites for hydroxylation is 2. The molecule has 0 spiro atoms. The minimum atomic E-state index is 0.259. The van der Waals surface area contributed by atoms with E-state index in [0.29, 0.717) is 12.6 Å². The highest BCUT2D eigenvalue weighted by Gasteiger charge is 2.22. The van der Waals surface area contributed by atoms with E-state index in [1.54, 1.807) is 0 Å². The second-order valence-corrected chi connectivity index (χ2v) is 6.29. The van der Waals surface area contributed by atoms with Crippen LogP contribution in [0.25, 0.3) is 0 Å². The Labute approximate surface area is 114 Å². The van der Waals surface area contributed by atoms with Crippen molar-refractivity contribution in [1.29, 1.82) is 0 Å². The lowest BCUT2D eigenvalue weighted by Crippen LogP contribution is -2.43. The van der Waals surface area contributed by atoms with Crippen LogP contribution in [0.4, 0.5) is 0 Å². The molecule has 0 amide bonds. The Bertz CT molecular complexity index is 444. The van der Waals surface area contributed by atoms with E-state index in [1.165, 1.54) is 0 Å². The van der Waals surface area contributed by atoms with Gasteiger partial charge in [-0.2, -0.15) is 11.8 Å². The normalized spacial score (nSPS) is 20.9. The summed E-state index contributed by atoms with van der Waals surface area (Å²) in [4.78, 5) is 14.7. The number of thioether (sulfide) groups is 1. The standard InChI is InChI=1S/C15H21NOS/c1-11-4-5-12(2)14(8-11)15(17)9-16-6-7-18-10-13(16)3/h4-5,8,13H,6-7,9-10H2,1-3H3. The minimum Gasteiger partial charge on any atom is -0.293 e. The van der Waals surface area contributed by atoms with E-state index in [9.17, 15) is 4.79 Å². The van der Waals surface area contributed by atoms with Crippen LogP contribution in [0.5, 0.6) is 0 Å². The summed E-state index contributed by atoms with van der Waals surface area (Å²) in [6.45, 7) is 7.86. The van der Waals surface area contributed by atoms with Crippen LogP contribution in [-0.4, -0.2) is 41.3 Å². The average molecular weight is 263 g/mol. The van der Waals surface area contributed by atoms with Crippen LogP contribution in [0, 0.1) is 13.8 Å². The van der Waals surface area contributed by atoms with Gasteiger partial charge in [-0.25, -0.2) is 0 Å². The number of carbonyl (C=O) groups is 1. The number of benzene rings is 1. The van der Waals surface area contributed by atoms with Gasteiger partial charge in [-0.15, -0.1) is 0 Å². The molecule has 2 nitrogen and oxygen atoms in total. The molecule has 1 aliphatic rings. The maximum atomic E-state index is 12.4. The van der Waals surface area contributed by atoms with Crippen molar-refractivity contribution in [2.75, 3.05) is 24.6 Å². The monoisotopic (exact) mass is 263 g/mol. The zero-order chi connectivity index (χ0) is 13.1. The van der Waals surface area contributed by atoms with Gasteiger partial charge < -0.3 is 0 Å². The van der Waals surface area contributed by atoms with E-state index < -0.39 is 0 Å². The van der Waals surface area contributed by atoms with Crippen molar-refractivity contribution in [3.63, 3.8) is 0 Å². The number of Topliss-reactive ketones (excluding diaryl/α,β-unsaturated/α-hetero) is 1. The molecule has 1 aromatic carbocycles. The third kappa shape index (κ3) is 3.15. The highest BCUT2D eigenvalue weighted by atomic mass is 32.2. The molecule has 0 aliphatic carbocycles. The van der Waals surface area contributed by atoms with Gasteiger partial charge in [0.2, 0.25) is 0 Å². The molecule has 1 aromatic rings. The molecule has 1 aliphatic heterocycles. The molecule has 0 radical (unpaired) electrons. The number of hydrogen-bond acceptors (Lipinski definition) is 3. The molecule has 18 heavy (non-hydrogen) atoms. The van der Waals surface area contributed by atoms with E-state index >= 15 is 0 Å². The first-order valence-electron chi connectivity index (χ1n) is 6.50. The molecule has 1 fully saturated rings. The van der Waals surface area contributed by atoms with Gasteiger partial charge in [0.15, 0.2) is 5.78 Å². The summed E-state index contributed by atoms with van der Waals surface area (Å²) in [6.07, 6.45) is 0. The SMILES string of the molecule is Cc1ccc(C)c(C(=O)CN2CCSCC2C)c1. The van der Waals surface area contributed by atoms with Crippen LogP contribution in [0.2, 0.25) is 0 Å². The van der Waals surface area contributed by atoms with E-state index in [4.69, 9.17) is 0 Å². The van der Waals surface area contributed by atoms with Crippen molar-refractivity contribution in [3.8, 4) is 0 Å². The van der Waals surface area contributed by atoms with Crippen LogP contribution < -0.4 is 0 Å². The van der Waals surface area contributed by atoms with E-state index in [-0.39, 0.29) is 5.78 Å². The van der Waals surface area contributed by atoms with Gasteiger partial charge in [-0.1, -0.05) is 17.7 Å². The topological polar surface area (TPSA) is 20.3 Å². The number of ketones is 1. The third-order valence-electron chi connectivity index (χ3n) is 3.55. The molecule has 2 rings (SSSR count). The quantitative estimate of drug-likeness (QED) is 0.782. The summed E-state index contributed by atoms with van der Waals surface area (Å²) in [7, 11) is 0. The Morgan fingerprint density at radius 3 is 2.94 bits per heavy atom. The average Bonchev–Trinajstić information content (AvgIpc) is 2.35. The second kappa shape index (κ2) is 5.89. The lowest BCUT2D eigenvalue weighted by atomic mass is 10.0. The molecule has 3 heteroatoms. The molecular weight excluding hydrogens is 242 g/mol. The van der Waals surface area contributed by atoms with E-state index in [1.807, 2.05) is 37.7 Å². The van der Waals surface area contributed by atoms with Gasteiger partial charge in [0.1, 0.15) is 0 Å². The first kappa shape index (κ1) is 13.6. The van der Waals surface area contributed by atoms with Crippen LogP contribution in [0.3, 0.4) is 0 Å². The summed E-state index contributed by atoms with van der Waals surface area (Å²) in [5.74, 6) is 2.54. The predicted octanol–water partition coefficient (Wildman–Crippen LogP) is 2.92. The molecule has 98 valence electrons. The fourth-order valence-corrected chi connectivity index (χ4v) is 3.38. The zero-order valence-electron chi connectivity index (χ0n) is 11.4. The van der Waals surface area contributed by atoms with Crippen LogP contribution in [-0.2, 0) is 0 Å². The van der Waals surface area contributed by atoms with Crippen LogP contribution in [0.15, 0.2) is 18.2 Å². The summed E-state index contributed by atoms with van der Waals surface area (Å²) < 4.78 is 0. The van der Waals surface area contributed by atoms with Gasteiger partial charge in [-0.05, 0) is 32.4 Å². The van der Waals surface area contributed by atoms with Crippen LogP contribution >= 0.6 is 11.8 Å².